The van der Waals surface area contributed by atoms with Gasteiger partial charge >= 0.3 is 0 Å². The third-order valence-electron chi connectivity index (χ3n) is 2.48. The molecule has 0 fully saturated rings. The van der Waals surface area contributed by atoms with Gasteiger partial charge in [-0.2, -0.15) is 0 Å². The van der Waals surface area contributed by atoms with Gasteiger partial charge in [0.05, 0.1) is 19.6 Å². The van der Waals surface area contributed by atoms with Crippen LogP contribution in [0.2, 0.25) is 0 Å². The first kappa shape index (κ1) is 12.2. The summed E-state index contributed by atoms with van der Waals surface area (Å²) in [4.78, 5) is 14.6. The monoisotopic (exact) mass is 244 g/mol. The fourth-order valence-corrected chi connectivity index (χ4v) is 1.54. The van der Waals surface area contributed by atoms with Crippen LogP contribution in [0.4, 0.5) is 0 Å². The number of nitrogens with one attached hydrogen (secondary N) is 2. The number of aromatic nitrogens is 1. The van der Waals surface area contributed by atoms with E-state index in [1.165, 1.54) is 0 Å². The highest BCUT2D eigenvalue weighted by Crippen LogP contribution is 2.08. The largest absolute Gasteiger partial charge is 0.493 e. The molecule has 0 aliphatic carbocycles. The number of hydrogen-bond acceptors (Lipinski definition) is 2. The van der Waals surface area contributed by atoms with Crippen LogP contribution in [-0.2, 0) is 11.3 Å². The Kier molecular flexibility index (Phi) is 4.41. The van der Waals surface area contributed by atoms with Crippen LogP contribution in [0, 0.1) is 0 Å². The fraction of sp³-hybridized carbons (Fsp3) is 0.214. The molecule has 1 heterocycles. The molecular formula is C14H16N2O2. The van der Waals surface area contributed by atoms with E-state index >= 15 is 0 Å². The van der Waals surface area contributed by atoms with Crippen molar-refractivity contribution in [3.8, 4) is 5.75 Å². The third-order valence-corrected chi connectivity index (χ3v) is 2.48. The second-order valence-corrected chi connectivity index (χ2v) is 3.88. The molecule has 94 valence electrons. The molecule has 1 aromatic carbocycles. The van der Waals surface area contributed by atoms with Crippen molar-refractivity contribution < 1.29 is 9.53 Å². The quantitative estimate of drug-likeness (QED) is 0.817. The van der Waals surface area contributed by atoms with Gasteiger partial charge in [0.2, 0.25) is 5.91 Å². The first-order chi connectivity index (χ1) is 8.84. The lowest BCUT2D eigenvalue weighted by Crippen LogP contribution is -2.24. The number of aromatic amines is 1. The minimum absolute atomic E-state index is 0.0134. The molecular weight excluding hydrogens is 228 g/mol. The molecule has 0 saturated heterocycles. The summed E-state index contributed by atoms with van der Waals surface area (Å²) >= 11 is 0. The summed E-state index contributed by atoms with van der Waals surface area (Å²) in [7, 11) is 0. The van der Waals surface area contributed by atoms with Gasteiger partial charge in [0.25, 0.3) is 0 Å². The Bertz CT molecular complexity index is 466. The van der Waals surface area contributed by atoms with Gasteiger partial charge in [-0.1, -0.05) is 18.2 Å². The molecule has 0 saturated carbocycles. The Morgan fingerprint density at radius 3 is 2.72 bits per heavy atom. The molecule has 0 bridgehead atoms. The van der Waals surface area contributed by atoms with Gasteiger partial charge < -0.3 is 15.0 Å². The van der Waals surface area contributed by atoms with Crippen molar-refractivity contribution in [2.75, 3.05) is 6.61 Å². The van der Waals surface area contributed by atoms with Gasteiger partial charge in [0.15, 0.2) is 0 Å². The van der Waals surface area contributed by atoms with Crippen LogP contribution >= 0.6 is 0 Å². The highest BCUT2D eigenvalue weighted by molar-refractivity contribution is 5.75. The fourth-order valence-electron chi connectivity index (χ4n) is 1.54. The van der Waals surface area contributed by atoms with E-state index < -0.39 is 0 Å². The Morgan fingerprint density at radius 1 is 1.17 bits per heavy atom. The lowest BCUT2D eigenvalue weighted by atomic mass is 10.3. The summed E-state index contributed by atoms with van der Waals surface area (Å²) in [6, 6.07) is 13.3. The zero-order chi connectivity index (χ0) is 12.6. The molecule has 0 aliphatic heterocycles. The van der Waals surface area contributed by atoms with Crippen molar-refractivity contribution in [1.29, 1.82) is 0 Å². The van der Waals surface area contributed by atoms with E-state index in [0.29, 0.717) is 19.6 Å². The maximum absolute atomic E-state index is 11.5. The number of benzene rings is 1. The van der Waals surface area contributed by atoms with Crippen LogP contribution in [0.5, 0.6) is 5.75 Å². The van der Waals surface area contributed by atoms with Gasteiger partial charge in [-0.3, -0.25) is 4.79 Å². The van der Waals surface area contributed by atoms with Gasteiger partial charge in [0, 0.05) is 11.9 Å². The van der Waals surface area contributed by atoms with Crippen LogP contribution in [0.25, 0.3) is 0 Å². The Balaban J connectivity index is 1.63. The van der Waals surface area contributed by atoms with E-state index in [2.05, 4.69) is 10.3 Å². The van der Waals surface area contributed by atoms with Crippen LogP contribution in [0.15, 0.2) is 48.7 Å². The molecule has 18 heavy (non-hydrogen) atoms. The number of rotatable bonds is 6. The minimum Gasteiger partial charge on any atom is -0.493 e. The Hall–Kier alpha value is -2.23. The SMILES string of the molecule is O=C(CCOc1ccccc1)NCc1ccc[nH]1. The average molecular weight is 244 g/mol. The number of hydrogen-bond donors (Lipinski definition) is 2. The number of carbonyl (C=O) groups is 1. The van der Waals surface area contributed by atoms with Gasteiger partial charge in [-0.15, -0.1) is 0 Å². The number of para-hydroxylation sites is 1. The normalized spacial score (nSPS) is 10.0. The van der Waals surface area contributed by atoms with Crippen molar-refractivity contribution >= 4 is 5.91 Å². The predicted molar refractivity (Wildman–Crippen MR) is 69.2 cm³/mol. The molecule has 0 spiro atoms. The molecule has 0 aliphatic rings. The van der Waals surface area contributed by atoms with Crippen molar-refractivity contribution in [2.45, 2.75) is 13.0 Å². The van der Waals surface area contributed by atoms with Crippen LogP contribution in [0.3, 0.4) is 0 Å². The van der Waals surface area contributed by atoms with Crippen LogP contribution in [-0.4, -0.2) is 17.5 Å². The molecule has 4 nitrogen and oxygen atoms in total. The maximum atomic E-state index is 11.5. The molecule has 2 N–H and O–H groups in total. The third kappa shape index (κ3) is 3.97. The molecule has 1 aromatic heterocycles. The Morgan fingerprint density at radius 2 is 2.00 bits per heavy atom. The van der Waals surface area contributed by atoms with Crippen molar-refractivity contribution in [3.05, 3.63) is 54.4 Å². The summed E-state index contributed by atoms with van der Waals surface area (Å²) in [5.74, 6) is 0.773. The smallest absolute Gasteiger partial charge is 0.223 e. The van der Waals surface area contributed by atoms with Gasteiger partial charge in [0.1, 0.15) is 5.75 Å². The second-order valence-electron chi connectivity index (χ2n) is 3.88. The minimum atomic E-state index is -0.0134. The summed E-state index contributed by atoms with van der Waals surface area (Å²) in [6.07, 6.45) is 2.19. The van der Waals surface area contributed by atoms with Crippen molar-refractivity contribution in [3.63, 3.8) is 0 Å². The van der Waals surface area contributed by atoms with E-state index in [1.807, 2.05) is 48.7 Å². The highest BCUT2D eigenvalue weighted by atomic mass is 16.5. The van der Waals surface area contributed by atoms with E-state index in [9.17, 15) is 4.79 Å². The van der Waals surface area contributed by atoms with Crippen LogP contribution in [0.1, 0.15) is 12.1 Å². The standard InChI is InChI=1S/C14H16N2O2/c17-14(16-11-12-5-4-9-15-12)8-10-18-13-6-2-1-3-7-13/h1-7,9,15H,8,10-11H2,(H,16,17). The summed E-state index contributed by atoms with van der Waals surface area (Å²) in [6.45, 7) is 0.914. The van der Waals surface area contributed by atoms with E-state index in [1.54, 1.807) is 0 Å². The summed E-state index contributed by atoms with van der Waals surface area (Å²) in [5, 5.41) is 2.82. The Labute approximate surface area is 106 Å². The number of ether oxygens (including phenoxy) is 1. The first-order valence-corrected chi connectivity index (χ1v) is 5.91. The molecule has 2 rings (SSSR count). The molecule has 1 amide bonds. The zero-order valence-corrected chi connectivity index (χ0v) is 10.1. The van der Waals surface area contributed by atoms with E-state index in [-0.39, 0.29) is 5.91 Å². The van der Waals surface area contributed by atoms with Gasteiger partial charge in [-0.25, -0.2) is 0 Å². The number of amides is 1. The molecule has 0 atom stereocenters. The zero-order valence-electron chi connectivity index (χ0n) is 10.1. The lowest BCUT2D eigenvalue weighted by Gasteiger charge is -2.06. The van der Waals surface area contributed by atoms with Crippen molar-refractivity contribution in [1.82, 2.24) is 10.3 Å². The molecule has 2 aromatic rings. The first-order valence-electron chi connectivity index (χ1n) is 5.91. The average Bonchev–Trinajstić information content (AvgIpc) is 2.91. The number of H-pyrrole nitrogens is 1. The van der Waals surface area contributed by atoms with Gasteiger partial charge in [-0.05, 0) is 24.3 Å². The molecule has 0 radical (unpaired) electrons. The highest BCUT2D eigenvalue weighted by Gasteiger charge is 2.02. The van der Waals surface area contributed by atoms with E-state index in [4.69, 9.17) is 4.74 Å². The number of carbonyl (C=O) groups excluding carboxylic acids is 1. The molecule has 0 unspecified atom stereocenters. The lowest BCUT2D eigenvalue weighted by molar-refractivity contribution is -0.121. The van der Waals surface area contributed by atoms with E-state index in [0.717, 1.165) is 11.4 Å². The maximum Gasteiger partial charge on any atom is 0.223 e. The topological polar surface area (TPSA) is 54.1 Å². The predicted octanol–water partition coefficient (Wildman–Crippen LogP) is 2.10. The van der Waals surface area contributed by atoms with Crippen molar-refractivity contribution in [2.24, 2.45) is 0 Å². The molecule has 4 heteroatoms. The van der Waals surface area contributed by atoms with Crippen LogP contribution < -0.4 is 10.1 Å². The summed E-state index contributed by atoms with van der Waals surface area (Å²) < 4.78 is 5.45. The second kappa shape index (κ2) is 6.49. The summed E-state index contributed by atoms with van der Waals surface area (Å²) in [5.41, 5.74) is 0.993.